The van der Waals surface area contributed by atoms with Crippen molar-refractivity contribution in [3.8, 4) is 0 Å². The number of ether oxygens (including phenoxy) is 4. The summed E-state index contributed by atoms with van der Waals surface area (Å²) in [5, 5.41) is 0. The predicted octanol–water partition coefficient (Wildman–Crippen LogP) is -0.0940. The molecule has 0 spiro atoms. The molecule has 3 aliphatic rings. The van der Waals surface area contributed by atoms with Crippen LogP contribution in [-0.2, 0) is 38.2 Å². The van der Waals surface area contributed by atoms with Crippen molar-refractivity contribution in [2.24, 2.45) is 11.8 Å². The fourth-order valence-electron chi connectivity index (χ4n) is 3.38. The van der Waals surface area contributed by atoms with Crippen molar-refractivity contribution in [2.75, 3.05) is 27.3 Å². The first-order chi connectivity index (χ1) is 11.6. The summed E-state index contributed by atoms with van der Waals surface area (Å²) in [4.78, 5) is 12.2. The Balaban J connectivity index is 1.86. The van der Waals surface area contributed by atoms with Gasteiger partial charge < -0.3 is 18.9 Å². The van der Waals surface area contributed by atoms with Crippen LogP contribution < -0.4 is 0 Å². The normalized spacial score (nSPS) is 39.4. The SMILES string of the molecule is CCOC(=O)C1C2O[C@@H]3COC(C)(C)O[C@H]3[C@H](OS(=O)(=O)N(C)C)C21. The maximum absolute atomic E-state index is 12.3. The number of hydrogen-bond acceptors (Lipinski definition) is 8. The molecule has 2 heterocycles. The zero-order valence-corrected chi connectivity index (χ0v) is 15.8. The summed E-state index contributed by atoms with van der Waals surface area (Å²) in [7, 11) is -1.18. The number of hydrogen-bond donors (Lipinski definition) is 0. The van der Waals surface area contributed by atoms with Gasteiger partial charge in [-0.2, -0.15) is 12.7 Å². The van der Waals surface area contributed by atoms with Gasteiger partial charge in [0.15, 0.2) is 5.79 Å². The van der Waals surface area contributed by atoms with Crippen LogP contribution in [0.15, 0.2) is 0 Å². The van der Waals surface area contributed by atoms with Gasteiger partial charge in [-0.1, -0.05) is 0 Å². The highest BCUT2D eigenvalue weighted by Gasteiger charge is 2.69. The number of nitrogens with zero attached hydrogens (tertiary/aromatic N) is 1. The summed E-state index contributed by atoms with van der Waals surface area (Å²) >= 11 is 0. The fraction of sp³-hybridized carbons (Fsp3) is 0.933. The summed E-state index contributed by atoms with van der Waals surface area (Å²) in [5.41, 5.74) is 0. The lowest BCUT2D eigenvalue weighted by Crippen LogP contribution is -2.59. The van der Waals surface area contributed by atoms with Gasteiger partial charge in [0.1, 0.15) is 18.3 Å². The Hall–Kier alpha value is -0.780. The molecule has 1 saturated carbocycles. The van der Waals surface area contributed by atoms with Crippen LogP contribution in [0.1, 0.15) is 20.8 Å². The minimum atomic E-state index is -3.95. The van der Waals surface area contributed by atoms with Crippen LogP contribution in [0.3, 0.4) is 0 Å². The molecular formula is C15H25NO8S. The van der Waals surface area contributed by atoms with E-state index < -0.39 is 58.3 Å². The van der Waals surface area contributed by atoms with E-state index in [1.54, 1.807) is 20.8 Å². The van der Waals surface area contributed by atoms with Crippen molar-refractivity contribution in [3.63, 3.8) is 0 Å². The van der Waals surface area contributed by atoms with Crippen LogP contribution in [0, 0.1) is 11.8 Å². The lowest BCUT2D eigenvalue weighted by molar-refractivity contribution is -0.334. The molecule has 3 rings (SSSR count). The Morgan fingerprint density at radius 1 is 1.28 bits per heavy atom. The third-order valence-electron chi connectivity index (χ3n) is 4.66. The second-order valence-electron chi connectivity index (χ2n) is 7.09. The van der Waals surface area contributed by atoms with E-state index in [2.05, 4.69) is 0 Å². The fourth-order valence-corrected chi connectivity index (χ4v) is 4.07. The number of carbonyl (C=O) groups excluding carboxylic acids is 1. The molecule has 0 aromatic heterocycles. The van der Waals surface area contributed by atoms with E-state index in [0.717, 1.165) is 4.31 Å². The van der Waals surface area contributed by atoms with Crippen LogP contribution in [0.4, 0.5) is 0 Å². The Labute approximate surface area is 147 Å². The molecule has 0 radical (unpaired) electrons. The molecule has 0 amide bonds. The van der Waals surface area contributed by atoms with Gasteiger partial charge >= 0.3 is 16.3 Å². The maximum Gasteiger partial charge on any atom is 0.338 e. The standard InChI is InChI=1S/C15H25NO8S/c1-6-20-14(17)10-9-12(10)22-8-7-21-15(2,3)23-11(8)13(9)24-25(18,19)16(4)5/h8-13H,6-7H2,1-5H3/t8-,9?,10?,11-,12?,13-/m1/s1. The van der Waals surface area contributed by atoms with E-state index >= 15 is 0 Å². The second-order valence-corrected chi connectivity index (χ2v) is 8.87. The van der Waals surface area contributed by atoms with E-state index in [-0.39, 0.29) is 13.2 Å². The van der Waals surface area contributed by atoms with Gasteiger partial charge in [0.05, 0.1) is 25.2 Å². The van der Waals surface area contributed by atoms with Crippen LogP contribution in [-0.4, -0.2) is 76.2 Å². The second kappa shape index (κ2) is 6.43. The summed E-state index contributed by atoms with van der Waals surface area (Å²) in [5.74, 6) is -2.29. The minimum Gasteiger partial charge on any atom is -0.466 e. The van der Waals surface area contributed by atoms with Crippen molar-refractivity contribution in [1.29, 1.82) is 0 Å². The Kier molecular flexibility index (Phi) is 4.89. The number of esters is 1. The Morgan fingerprint density at radius 2 is 1.96 bits per heavy atom. The van der Waals surface area contributed by atoms with Gasteiger partial charge in [-0.3, -0.25) is 8.98 Å². The number of fused-ring (bicyclic) bond motifs is 2. The smallest absolute Gasteiger partial charge is 0.338 e. The molecule has 0 aromatic carbocycles. The van der Waals surface area contributed by atoms with Gasteiger partial charge in [-0.15, -0.1) is 0 Å². The zero-order valence-electron chi connectivity index (χ0n) is 15.0. The van der Waals surface area contributed by atoms with E-state index in [1.807, 2.05) is 0 Å². The van der Waals surface area contributed by atoms with E-state index in [1.165, 1.54) is 14.1 Å². The molecule has 0 N–H and O–H groups in total. The molecule has 2 saturated heterocycles. The molecule has 3 fully saturated rings. The third-order valence-corrected chi connectivity index (χ3v) is 6.02. The van der Waals surface area contributed by atoms with Crippen molar-refractivity contribution < 1.29 is 36.3 Å². The van der Waals surface area contributed by atoms with Gasteiger partial charge in [-0.25, -0.2) is 0 Å². The highest BCUT2D eigenvalue weighted by molar-refractivity contribution is 7.84. The largest absolute Gasteiger partial charge is 0.466 e. The monoisotopic (exact) mass is 379 g/mol. The maximum atomic E-state index is 12.3. The highest BCUT2D eigenvalue weighted by Crippen LogP contribution is 2.53. The highest BCUT2D eigenvalue weighted by atomic mass is 32.2. The zero-order chi connectivity index (χ0) is 18.6. The number of carbonyl (C=O) groups is 1. The molecule has 2 aliphatic heterocycles. The lowest BCUT2D eigenvalue weighted by atomic mass is 9.99. The first kappa shape index (κ1) is 19.0. The van der Waals surface area contributed by atoms with Gasteiger partial charge in [0, 0.05) is 20.0 Å². The summed E-state index contributed by atoms with van der Waals surface area (Å²) in [6.45, 7) is 5.67. The van der Waals surface area contributed by atoms with E-state index in [9.17, 15) is 13.2 Å². The van der Waals surface area contributed by atoms with Crippen molar-refractivity contribution in [2.45, 2.75) is 51.0 Å². The first-order valence-corrected chi connectivity index (χ1v) is 9.68. The molecule has 6 atom stereocenters. The molecule has 25 heavy (non-hydrogen) atoms. The van der Waals surface area contributed by atoms with Crippen LogP contribution in [0.25, 0.3) is 0 Å². The molecular weight excluding hydrogens is 354 g/mol. The van der Waals surface area contributed by atoms with Gasteiger partial charge in [-0.05, 0) is 20.8 Å². The molecule has 0 aromatic rings. The predicted molar refractivity (Wildman–Crippen MR) is 84.7 cm³/mol. The molecule has 3 unspecified atom stereocenters. The van der Waals surface area contributed by atoms with E-state index in [4.69, 9.17) is 23.1 Å². The molecule has 1 aliphatic carbocycles. The summed E-state index contributed by atoms with van der Waals surface area (Å²) in [6, 6.07) is 0. The molecule has 0 bridgehead atoms. The van der Waals surface area contributed by atoms with Crippen LogP contribution >= 0.6 is 0 Å². The average Bonchev–Trinajstić information content (AvgIpc) is 3.21. The summed E-state index contributed by atoms with van der Waals surface area (Å²) in [6.07, 6.45) is -2.44. The molecule has 10 heteroatoms. The summed E-state index contributed by atoms with van der Waals surface area (Å²) < 4.78 is 53.4. The van der Waals surface area contributed by atoms with Gasteiger partial charge in [0.25, 0.3) is 0 Å². The Bertz CT molecular complexity index is 633. The molecule has 9 nitrogen and oxygen atoms in total. The Morgan fingerprint density at radius 3 is 2.56 bits per heavy atom. The van der Waals surface area contributed by atoms with Gasteiger partial charge in [0.2, 0.25) is 0 Å². The quantitative estimate of drug-likeness (QED) is 0.611. The number of rotatable bonds is 5. The average molecular weight is 379 g/mol. The third kappa shape index (κ3) is 3.56. The van der Waals surface area contributed by atoms with Crippen molar-refractivity contribution >= 4 is 16.3 Å². The first-order valence-electron chi connectivity index (χ1n) is 8.32. The van der Waals surface area contributed by atoms with Crippen molar-refractivity contribution in [3.05, 3.63) is 0 Å². The minimum absolute atomic E-state index is 0.234. The van der Waals surface area contributed by atoms with Crippen molar-refractivity contribution in [1.82, 2.24) is 4.31 Å². The van der Waals surface area contributed by atoms with Crippen LogP contribution in [0.2, 0.25) is 0 Å². The van der Waals surface area contributed by atoms with Crippen LogP contribution in [0.5, 0.6) is 0 Å². The van der Waals surface area contributed by atoms with E-state index in [0.29, 0.717) is 0 Å². The topological polar surface area (TPSA) is 101 Å². The lowest BCUT2D eigenvalue weighted by Gasteiger charge is -2.45. The molecule has 144 valence electrons.